The monoisotopic (exact) mass is 376 g/mol. The van der Waals surface area contributed by atoms with E-state index in [0.717, 1.165) is 25.8 Å². The van der Waals surface area contributed by atoms with E-state index in [2.05, 4.69) is 32.6 Å². The molecule has 98 valence electrons. The third-order valence-corrected chi connectivity index (χ3v) is 4.12. The molecule has 4 aromatic rings. The highest BCUT2D eigenvalue weighted by Gasteiger charge is 2.14. The molecule has 0 aromatic carbocycles. The highest BCUT2D eigenvalue weighted by atomic mass is 127. The molecular weight excluding hydrogens is 367 g/mol. The van der Waals surface area contributed by atoms with Gasteiger partial charge in [0.05, 0.1) is 18.0 Å². The van der Waals surface area contributed by atoms with Crippen molar-refractivity contribution in [2.45, 2.75) is 0 Å². The average Bonchev–Trinajstić information content (AvgIpc) is 3.09. The number of rotatable bonds is 1. The Morgan fingerprint density at radius 2 is 2.20 bits per heavy atom. The molecule has 0 saturated heterocycles. The lowest BCUT2D eigenvalue weighted by molar-refractivity contribution is 0.632. The van der Waals surface area contributed by atoms with Crippen molar-refractivity contribution in [3.8, 4) is 11.3 Å². The van der Waals surface area contributed by atoms with E-state index in [0.29, 0.717) is 11.4 Å². The molecule has 0 fully saturated rings. The Labute approximate surface area is 127 Å². The van der Waals surface area contributed by atoms with Crippen LogP contribution in [0.25, 0.3) is 27.8 Å². The van der Waals surface area contributed by atoms with E-state index in [-0.39, 0.29) is 0 Å². The molecule has 4 aromatic heterocycles. The number of aromatic nitrogens is 3. The molecule has 2 N–H and O–H groups in total. The van der Waals surface area contributed by atoms with Gasteiger partial charge in [0.1, 0.15) is 5.76 Å². The van der Waals surface area contributed by atoms with E-state index in [9.17, 15) is 0 Å². The highest BCUT2D eigenvalue weighted by Crippen LogP contribution is 2.34. The summed E-state index contributed by atoms with van der Waals surface area (Å²) in [6, 6.07) is 5.96. The lowest BCUT2D eigenvalue weighted by atomic mass is 10.1. The third-order valence-electron chi connectivity index (χ3n) is 3.26. The van der Waals surface area contributed by atoms with Crippen molar-refractivity contribution in [3.63, 3.8) is 0 Å². The summed E-state index contributed by atoms with van der Waals surface area (Å²) in [4.78, 5) is 8.28. The molecule has 0 aliphatic rings. The maximum atomic E-state index is 5.91. The number of nitrogens with two attached hydrogens (primary N) is 1. The summed E-state index contributed by atoms with van der Waals surface area (Å²) in [5.74, 6) is 1.18. The van der Waals surface area contributed by atoms with E-state index in [4.69, 9.17) is 10.2 Å². The standard InChI is InChI=1S/C14H9IN4O/c15-10-5-18-14(16)13-9(10)4-12(20-13)8-2-1-3-19-7-17-6-11(8)19/h1-7H,(H2,16,18). The Kier molecular flexibility index (Phi) is 2.46. The van der Waals surface area contributed by atoms with E-state index in [1.807, 2.05) is 35.0 Å². The fraction of sp³-hybridized carbons (Fsp3) is 0. The summed E-state index contributed by atoms with van der Waals surface area (Å²) in [5, 5.41) is 0.981. The first kappa shape index (κ1) is 11.7. The lowest BCUT2D eigenvalue weighted by Gasteiger charge is -1.99. The summed E-state index contributed by atoms with van der Waals surface area (Å²) >= 11 is 2.23. The fourth-order valence-corrected chi connectivity index (χ4v) is 2.84. The number of pyridine rings is 2. The van der Waals surface area contributed by atoms with Gasteiger partial charge in [-0.05, 0) is 40.8 Å². The number of nitrogens with zero attached hydrogens (tertiary/aromatic N) is 3. The molecule has 4 heterocycles. The highest BCUT2D eigenvalue weighted by molar-refractivity contribution is 14.1. The predicted molar refractivity (Wildman–Crippen MR) is 85.3 cm³/mol. The number of halogens is 1. The van der Waals surface area contributed by atoms with Crippen LogP contribution in [0, 0.1) is 3.57 Å². The summed E-state index contributed by atoms with van der Waals surface area (Å²) in [5.41, 5.74) is 8.49. The number of fused-ring (bicyclic) bond motifs is 2. The zero-order chi connectivity index (χ0) is 13.7. The first-order valence-electron chi connectivity index (χ1n) is 5.98. The van der Waals surface area contributed by atoms with Crippen molar-refractivity contribution in [3.05, 3.63) is 46.7 Å². The zero-order valence-electron chi connectivity index (χ0n) is 10.2. The van der Waals surface area contributed by atoms with Gasteiger partial charge in [0, 0.05) is 26.9 Å². The largest absolute Gasteiger partial charge is 0.452 e. The number of hydrogen-bond acceptors (Lipinski definition) is 4. The number of hydrogen-bond donors (Lipinski definition) is 1. The number of anilines is 1. The first-order chi connectivity index (χ1) is 9.74. The summed E-state index contributed by atoms with van der Waals surface area (Å²) in [7, 11) is 0. The zero-order valence-corrected chi connectivity index (χ0v) is 12.4. The fourth-order valence-electron chi connectivity index (χ4n) is 2.30. The lowest BCUT2D eigenvalue weighted by Crippen LogP contribution is -1.90. The Bertz CT molecular complexity index is 902. The van der Waals surface area contributed by atoms with Gasteiger partial charge in [0.15, 0.2) is 11.4 Å². The minimum absolute atomic E-state index is 0.409. The second kappa shape index (κ2) is 4.20. The van der Waals surface area contributed by atoms with Gasteiger partial charge in [-0.2, -0.15) is 0 Å². The molecule has 0 unspecified atom stereocenters. The van der Waals surface area contributed by atoms with E-state index in [1.165, 1.54) is 0 Å². The molecule has 0 amide bonds. The van der Waals surface area contributed by atoms with Crippen molar-refractivity contribution in [2.75, 3.05) is 5.73 Å². The van der Waals surface area contributed by atoms with Crippen LogP contribution in [0.3, 0.4) is 0 Å². The second-order valence-corrected chi connectivity index (χ2v) is 5.62. The molecule has 6 heteroatoms. The Morgan fingerprint density at radius 3 is 3.05 bits per heavy atom. The Hall–Kier alpha value is -2.09. The second-order valence-electron chi connectivity index (χ2n) is 4.45. The van der Waals surface area contributed by atoms with Gasteiger partial charge in [-0.15, -0.1) is 0 Å². The van der Waals surface area contributed by atoms with Gasteiger partial charge in [-0.25, -0.2) is 9.97 Å². The Morgan fingerprint density at radius 1 is 1.30 bits per heavy atom. The van der Waals surface area contributed by atoms with Crippen molar-refractivity contribution < 1.29 is 4.42 Å². The van der Waals surface area contributed by atoms with Crippen LogP contribution in [0.4, 0.5) is 5.82 Å². The summed E-state index contributed by atoms with van der Waals surface area (Å²) in [6.07, 6.45) is 7.28. The van der Waals surface area contributed by atoms with E-state index < -0.39 is 0 Å². The van der Waals surface area contributed by atoms with Crippen LogP contribution in [0.5, 0.6) is 0 Å². The topological polar surface area (TPSA) is 69.3 Å². The van der Waals surface area contributed by atoms with Gasteiger partial charge in [0.2, 0.25) is 0 Å². The minimum atomic E-state index is 0.409. The minimum Gasteiger partial charge on any atom is -0.452 e. The number of furan rings is 1. The third kappa shape index (κ3) is 1.61. The molecule has 5 nitrogen and oxygen atoms in total. The van der Waals surface area contributed by atoms with E-state index in [1.54, 1.807) is 12.5 Å². The van der Waals surface area contributed by atoms with Crippen LogP contribution >= 0.6 is 22.6 Å². The molecule has 20 heavy (non-hydrogen) atoms. The van der Waals surface area contributed by atoms with Gasteiger partial charge in [-0.3, -0.25) is 0 Å². The molecule has 0 aliphatic heterocycles. The quantitative estimate of drug-likeness (QED) is 0.518. The average molecular weight is 376 g/mol. The Balaban J connectivity index is 2.06. The first-order valence-corrected chi connectivity index (χ1v) is 7.06. The van der Waals surface area contributed by atoms with Gasteiger partial charge >= 0.3 is 0 Å². The molecule has 0 atom stereocenters. The molecular formula is C14H9IN4O. The molecule has 0 radical (unpaired) electrons. The van der Waals surface area contributed by atoms with Crippen molar-refractivity contribution in [2.24, 2.45) is 0 Å². The number of nitrogen functional groups attached to an aromatic ring is 1. The maximum absolute atomic E-state index is 5.91. The van der Waals surface area contributed by atoms with E-state index >= 15 is 0 Å². The van der Waals surface area contributed by atoms with Crippen LogP contribution in [0.2, 0.25) is 0 Å². The molecule has 0 aliphatic carbocycles. The van der Waals surface area contributed by atoms with Crippen LogP contribution in [0.15, 0.2) is 47.5 Å². The maximum Gasteiger partial charge on any atom is 0.177 e. The molecule has 4 rings (SSSR count). The SMILES string of the molecule is Nc1ncc(I)c2cc(-c3cccn4cncc34)oc12. The van der Waals surface area contributed by atoms with Crippen molar-refractivity contribution >= 4 is 44.9 Å². The molecule has 0 spiro atoms. The van der Waals surface area contributed by atoms with Crippen LogP contribution < -0.4 is 5.73 Å². The van der Waals surface area contributed by atoms with Crippen LogP contribution in [0.1, 0.15) is 0 Å². The molecule has 0 bridgehead atoms. The van der Waals surface area contributed by atoms with Gasteiger partial charge < -0.3 is 14.6 Å². The summed E-state index contributed by atoms with van der Waals surface area (Å²) < 4.78 is 8.88. The van der Waals surface area contributed by atoms with Gasteiger partial charge in [0.25, 0.3) is 0 Å². The molecule has 0 saturated carbocycles. The predicted octanol–water partition coefficient (Wildman–Crippen LogP) is 3.33. The number of imidazole rings is 1. The summed E-state index contributed by atoms with van der Waals surface area (Å²) in [6.45, 7) is 0. The van der Waals surface area contributed by atoms with Crippen molar-refractivity contribution in [1.82, 2.24) is 14.4 Å². The van der Waals surface area contributed by atoms with Crippen LogP contribution in [-0.2, 0) is 0 Å². The normalized spacial score (nSPS) is 11.4. The van der Waals surface area contributed by atoms with Crippen molar-refractivity contribution in [1.29, 1.82) is 0 Å². The van der Waals surface area contributed by atoms with Crippen LogP contribution in [-0.4, -0.2) is 14.4 Å². The smallest absolute Gasteiger partial charge is 0.177 e. The van der Waals surface area contributed by atoms with Gasteiger partial charge in [-0.1, -0.05) is 0 Å².